The molecule has 2 aromatic carbocycles. The van der Waals surface area contributed by atoms with E-state index < -0.39 is 20.6 Å². The molecule has 0 spiro atoms. The van der Waals surface area contributed by atoms with Crippen molar-refractivity contribution in [1.29, 1.82) is 0 Å². The van der Waals surface area contributed by atoms with E-state index in [0.29, 0.717) is 34.5 Å². The molecule has 1 saturated carbocycles. The maximum absolute atomic E-state index is 15.5. The standard InChI is InChI=1S/C20H19Cl2FN4O3S/c1-11-10-24-26-18-13(11)9-16(27-31(29,30)20(4-5-20)6-7-28)19(17(18)23)25-15-3-2-12(21)8-14(15)22/h2-3,8-10,25,27-28H,4-7H2,1H3. The van der Waals surface area contributed by atoms with Gasteiger partial charge in [0.15, 0.2) is 5.82 Å². The molecule has 0 saturated heterocycles. The second kappa shape index (κ2) is 8.05. The zero-order valence-electron chi connectivity index (χ0n) is 16.4. The SMILES string of the molecule is Cc1cnnc2c(F)c(Nc3ccc(Cl)cc3Cl)c(NS(=O)(=O)C3(CCO)CC3)cc12. The van der Waals surface area contributed by atoms with Crippen molar-refractivity contribution < 1.29 is 17.9 Å². The van der Waals surface area contributed by atoms with Crippen LogP contribution in [0.25, 0.3) is 10.9 Å². The monoisotopic (exact) mass is 484 g/mol. The van der Waals surface area contributed by atoms with Crippen LogP contribution in [0.2, 0.25) is 10.0 Å². The number of sulfonamides is 1. The molecular formula is C20H19Cl2FN4O3S. The molecule has 11 heteroatoms. The number of benzene rings is 2. The summed E-state index contributed by atoms with van der Waals surface area (Å²) in [6, 6.07) is 6.13. The Hall–Kier alpha value is -2.20. The van der Waals surface area contributed by atoms with E-state index in [1.807, 2.05) is 0 Å². The predicted molar refractivity (Wildman–Crippen MR) is 120 cm³/mol. The molecule has 1 aromatic heterocycles. The maximum Gasteiger partial charge on any atom is 0.238 e. The zero-order chi connectivity index (χ0) is 22.4. The van der Waals surface area contributed by atoms with Crippen LogP contribution in [-0.4, -0.2) is 35.1 Å². The smallest absolute Gasteiger partial charge is 0.238 e. The predicted octanol–water partition coefficient (Wildman–Crippen LogP) is 4.78. The van der Waals surface area contributed by atoms with Crippen LogP contribution in [0.5, 0.6) is 0 Å². The minimum atomic E-state index is -3.90. The molecule has 164 valence electrons. The van der Waals surface area contributed by atoms with Gasteiger partial charge in [-0.25, -0.2) is 12.8 Å². The lowest BCUT2D eigenvalue weighted by Gasteiger charge is -2.21. The van der Waals surface area contributed by atoms with E-state index in [2.05, 4.69) is 20.2 Å². The van der Waals surface area contributed by atoms with Crippen LogP contribution in [0.3, 0.4) is 0 Å². The van der Waals surface area contributed by atoms with Gasteiger partial charge >= 0.3 is 0 Å². The number of halogens is 3. The highest BCUT2D eigenvalue weighted by molar-refractivity contribution is 7.94. The number of aliphatic hydroxyl groups is 1. The van der Waals surface area contributed by atoms with Gasteiger partial charge in [-0.3, -0.25) is 4.72 Å². The molecule has 7 nitrogen and oxygen atoms in total. The fraction of sp³-hybridized carbons (Fsp3) is 0.300. The number of aromatic nitrogens is 2. The van der Waals surface area contributed by atoms with Gasteiger partial charge in [-0.1, -0.05) is 23.2 Å². The highest BCUT2D eigenvalue weighted by atomic mass is 35.5. The Labute approximate surface area is 188 Å². The largest absolute Gasteiger partial charge is 0.396 e. The third-order valence-corrected chi connectivity index (χ3v) is 8.24. The number of rotatable bonds is 7. The van der Waals surface area contributed by atoms with Crippen molar-refractivity contribution in [3.8, 4) is 0 Å². The molecule has 0 aliphatic heterocycles. The molecule has 1 aliphatic rings. The molecule has 3 aromatic rings. The second-order valence-corrected chi connectivity index (χ2v) is 10.5. The van der Waals surface area contributed by atoms with Gasteiger partial charge in [0, 0.05) is 17.0 Å². The highest BCUT2D eigenvalue weighted by Crippen LogP contribution is 2.48. The van der Waals surface area contributed by atoms with Gasteiger partial charge in [0.1, 0.15) is 11.2 Å². The van der Waals surface area contributed by atoms with Crippen molar-refractivity contribution in [1.82, 2.24) is 10.2 Å². The minimum Gasteiger partial charge on any atom is -0.396 e. The first kappa shape index (κ1) is 22.0. The molecule has 0 bridgehead atoms. The van der Waals surface area contributed by atoms with Crippen LogP contribution in [0, 0.1) is 12.7 Å². The van der Waals surface area contributed by atoms with Crippen molar-refractivity contribution in [2.24, 2.45) is 0 Å². The molecular weight excluding hydrogens is 466 g/mol. The fourth-order valence-corrected chi connectivity index (χ4v) is 5.58. The lowest BCUT2D eigenvalue weighted by atomic mass is 10.1. The number of hydrogen-bond donors (Lipinski definition) is 3. The number of nitrogens with one attached hydrogen (secondary N) is 2. The first-order valence-electron chi connectivity index (χ1n) is 9.47. The van der Waals surface area contributed by atoms with Crippen molar-refractivity contribution in [3.63, 3.8) is 0 Å². The first-order valence-corrected chi connectivity index (χ1v) is 11.7. The normalized spacial score (nSPS) is 15.1. The van der Waals surface area contributed by atoms with Crippen LogP contribution < -0.4 is 10.0 Å². The minimum absolute atomic E-state index is 0.00738. The van der Waals surface area contributed by atoms with E-state index in [0.717, 1.165) is 0 Å². The Morgan fingerprint density at radius 1 is 1.23 bits per heavy atom. The van der Waals surface area contributed by atoms with Crippen LogP contribution >= 0.6 is 23.2 Å². The summed E-state index contributed by atoms with van der Waals surface area (Å²) in [6.07, 6.45) is 2.43. The number of anilines is 3. The Kier molecular flexibility index (Phi) is 5.72. The molecule has 1 heterocycles. The summed E-state index contributed by atoms with van der Waals surface area (Å²) >= 11 is 12.2. The van der Waals surface area contributed by atoms with Gasteiger partial charge in [0.2, 0.25) is 10.0 Å². The quantitative estimate of drug-likeness (QED) is 0.445. The summed E-state index contributed by atoms with van der Waals surface area (Å²) in [5.41, 5.74) is 0.835. The van der Waals surface area contributed by atoms with Gasteiger partial charge in [0.05, 0.1) is 27.3 Å². The van der Waals surface area contributed by atoms with Crippen molar-refractivity contribution in [2.45, 2.75) is 30.9 Å². The van der Waals surface area contributed by atoms with Crippen molar-refractivity contribution >= 4 is 61.2 Å². The summed E-state index contributed by atoms with van der Waals surface area (Å²) in [4.78, 5) is 0. The molecule has 0 unspecified atom stereocenters. The summed E-state index contributed by atoms with van der Waals surface area (Å²) in [5.74, 6) is -0.774. The summed E-state index contributed by atoms with van der Waals surface area (Å²) in [6.45, 7) is 1.47. The fourth-order valence-electron chi connectivity index (χ4n) is 3.46. The van der Waals surface area contributed by atoms with Crippen LogP contribution in [0.15, 0.2) is 30.5 Å². The van der Waals surface area contributed by atoms with Crippen molar-refractivity contribution in [3.05, 3.63) is 51.9 Å². The highest BCUT2D eigenvalue weighted by Gasteiger charge is 2.54. The van der Waals surface area contributed by atoms with Crippen molar-refractivity contribution in [2.75, 3.05) is 16.6 Å². The molecule has 3 N–H and O–H groups in total. The number of nitrogens with zero attached hydrogens (tertiary/aromatic N) is 2. The third-order valence-electron chi connectivity index (χ3n) is 5.45. The second-order valence-electron chi connectivity index (χ2n) is 7.55. The van der Waals surface area contributed by atoms with E-state index >= 15 is 4.39 Å². The Morgan fingerprint density at radius 3 is 2.61 bits per heavy atom. The van der Waals surface area contributed by atoms with E-state index in [4.69, 9.17) is 23.2 Å². The maximum atomic E-state index is 15.5. The average Bonchev–Trinajstić information content (AvgIpc) is 3.49. The average molecular weight is 485 g/mol. The van der Waals surface area contributed by atoms with Gasteiger partial charge in [-0.2, -0.15) is 5.10 Å². The topological polar surface area (TPSA) is 104 Å². The van der Waals surface area contributed by atoms with E-state index in [9.17, 15) is 13.5 Å². The number of fused-ring (bicyclic) bond motifs is 1. The molecule has 1 fully saturated rings. The van der Waals surface area contributed by atoms with E-state index in [-0.39, 0.29) is 34.9 Å². The molecule has 31 heavy (non-hydrogen) atoms. The Bertz CT molecular complexity index is 1280. The van der Waals surface area contributed by atoms with Gasteiger partial charge in [0.25, 0.3) is 0 Å². The van der Waals surface area contributed by atoms with Crippen LogP contribution in [0.4, 0.5) is 21.5 Å². The van der Waals surface area contributed by atoms with Gasteiger partial charge in [-0.05, 0) is 56.0 Å². The number of aliphatic hydroxyl groups excluding tert-OH is 1. The third kappa shape index (κ3) is 4.03. The first-order chi connectivity index (χ1) is 14.7. The lowest BCUT2D eigenvalue weighted by molar-refractivity contribution is 0.283. The Balaban J connectivity index is 1.86. The summed E-state index contributed by atoms with van der Waals surface area (Å²) in [5, 5.41) is 20.9. The summed E-state index contributed by atoms with van der Waals surface area (Å²) < 4.78 is 43.2. The Morgan fingerprint density at radius 2 is 1.97 bits per heavy atom. The van der Waals surface area contributed by atoms with Gasteiger partial charge in [-0.15, -0.1) is 5.10 Å². The number of aryl methyl sites for hydroxylation is 1. The zero-order valence-corrected chi connectivity index (χ0v) is 18.7. The summed E-state index contributed by atoms with van der Waals surface area (Å²) in [7, 11) is -3.90. The molecule has 0 amide bonds. The van der Waals surface area contributed by atoms with E-state index in [1.165, 1.54) is 18.3 Å². The molecule has 1 aliphatic carbocycles. The molecule has 4 rings (SSSR count). The molecule has 0 radical (unpaired) electrons. The van der Waals surface area contributed by atoms with Crippen LogP contribution in [-0.2, 0) is 10.0 Å². The molecule has 0 atom stereocenters. The van der Waals surface area contributed by atoms with E-state index in [1.54, 1.807) is 19.1 Å². The van der Waals surface area contributed by atoms with Gasteiger partial charge < -0.3 is 10.4 Å². The lowest BCUT2D eigenvalue weighted by Crippen LogP contribution is -2.31. The number of hydrogen-bond acceptors (Lipinski definition) is 6. The van der Waals surface area contributed by atoms with Crippen LogP contribution in [0.1, 0.15) is 24.8 Å².